The summed E-state index contributed by atoms with van der Waals surface area (Å²) in [7, 11) is 0. The SMILES string of the molecule is O=C(O)C(O)(O)C(Cl)(Cl)Cl. The predicted octanol–water partition coefficient (Wildman–Crippen LogP) is 0.122. The number of aliphatic hydroxyl groups is 2. The molecule has 0 atom stereocenters. The molecule has 0 aliphatic heterocycles. The van der Waals surface area contributed by atoms with Crippen molar-refractivity contribution in [3.05, 3.63) is 0 Å². The molecule has 4 nitrogen and oxygen atoms in total. The minimum Gasteiger partial charge on any atom is -0.477 e. The fourth-order valence-electron chi connectivity index (χ4n) is 0.121. The van der Waals surface area contributed by atoms with E-state index in [0.29, 0.717) is 0 Å². The smallest absolute Gasteiger partial charge is 0.368 e. The largest absolute Gasteiger partial charge is 0.477 e. The lowest BCUT2D eigenvalue weighted by molar-refractivity contribution is -0.201. The second kappa shape index (κ2) is 2.71. The van der Waals surface area contributed by atoms with Gasteiger partial charge in [0, 0.05) is 0 Å². The number of carboxylic acid groups (broad SMARTS) is 1. The Morgan fingerprint density at radius 3 is 1.50 bits per heavy atom. The van der Waals surface area contributed by atoms with Gasteiger partial charge in [0.2, 0.25) is 0 Å². The van der Waals surface area contributed by atoms with Crippen LogP contribution in [-0.2, 0) is 4.79 Å². The van der Waals surface area contributed by atoms with Gasteiger partial charge < -0.3 is 15.3 Å². The van der Waals surface area contributed by atoms with E-state index in [9.17, 15) is 4.79 Å². The maximum Gasteiger partial charge on any atom is 0.368 e. The van der Waals surface area contributed by atoms with E-state index in [-0.39, 0.29) is 0 Å². The van der Waals surface area contributed by atoms with Gasteiger partial charge in [-0.05, 0) is 0 Å². The first-order valence-electron chi connectivity index (χ1n) is 1.94. The van der Waals surface area contributed by atoms with Crippen molar-refractivity contribution in [1.82, 2.24) is 0 Å². The van der Waals surface area contributed by atoms with E-state index in [4.69, 9.17) is 50.1 Å². The second-order valence-corrected chi connectivity index (χ2v) is 3.76. The molecule has 0 radical (unpaired) electrons. The number of aliphatic carboxylic acids is 1. The molecule has 0 aromatic heterocycles. The first kappa shape index (κ1) is 10.3. The van der Waals surface area contributed by atoms with E-state index in [1.54, 1.807) is 0 Å². The fraction of sp³-hybridized carbons (Fsp3) is 0.667. The summed E-state index contributed by atoms with van der Waals surface area (Å²) in [5.41, 5.74) is 0. The van der Waals surface area contributed by atoms with Crippen molar-refractivity contribution < 1.29 is 20.1 Å². The van der Waals surface area contributed by atoms with Crippen molar-refractivity contribution in [2.75, 3.05) is 0 Å². The summed E-state index contributed by atoms with van der Waals surface area (Å²) in [5, 5.41) is 25.0. The molecule has 7 heteroatoms. The van der Waals surface area contributed by atoms with Gasteiger partial charge in [-0.25, -0.2) is 4.79 Å². The maximum atomic E-state index is 9.91. The van der Waals surface area contributed by atoms with Crippen molar-refractivity contribution in [3.8, 4) is 0 Å². The average Bonchev–Trinajstić information content (AvgIpc) is 1.62. The van der Waals surface area contributed by atoms with Crippen LogP contribution in [0.4, 0.5) is 0 Å². The Balaban J connectivity index is 4.57. The van der Waals surface area contributed by atoms with Gasteiger partial charge in [-0.1, -0.05) is 34.8 Å². The molecule has 0 aliphatic rings. The minimum atomic E-state index is -3.35. The third-order valence-corrected chi connectivity index (χ3v) is 1.48. The number of alkyl halides is 3. The van der Waals surface area contributed by atoms with E-state index >= 15 is 0 Å². The van der Waals surface area contributed by atoms with E-state index < -0.39 is 15.5 Å². The van der Waals surface area contributed by atoms with Crippen LogP contribution in [0.25, 0.3) is 0 Å². The van der Waals surface area contributed by atoms with Crippen molar-refractivity contribution in [2.24, 2.45) is 0 Å². The van der Waals surface area contributed by atoms with Crippen LogP contribution in [0.15, 0.2) is 0 Å². The van der Waals surface area contributed by atoms with Gasteiger partial charge >= 0.3 is 11.8 Å². The molecule has 0 unspecified atom stereocenters. The standard InChI is InChI=1S/C3H3Cl3O4/c4-3(5,6)2(9,10)1(7)8/h9-10H,(H,7,8). The van der Waals surface area contributed by atoms with Crippen LogP contribution >= 0.6 is 34.8 Å². The van der Waals surface area contributed by atoms with E-state index in [1.807, 2.05) is 0 Å². The summed E-state index contributed by atoms with van der Waals surface area (Å²) >= 11 is 14.6. The number of rotatable bonds is 1. The van der Waals surface area contributed by atoms with Gasteiger partial charge in [-0.15, -0.1) is 0 Å². The number of halogens is 3. The highest BCUT2D eigenvalue weighted by Gasteiger charge is 2.52. The zero-order valence-corrected chi connectivity index (χ0v) is 6.65. The first-order chi connectivity index (χ1) is 4.19. The molecule has 60 valence electrons. The lowest BCUT2D eigenvalue weighted by atomic mass is 10.3. The Labute approximate surface area is 70.9 Å². The molecule has 0 amide bonds. The van der Waals surface area contributed by atoms with Crippen LogP contribution in [0, 0.1) is 0 Å². The zero-order chi connectivity index (χ0) is 8.58. The molecular weight excluding hydrogens is 206 g/mol. The van der Waals surface area contributed by atoms with Gasteiger partial charge in [-0.3, -0.25) is 0 Å². The molecule has 0 saturated heterocycles. The number of carbonyl (C=O) groups is 1. The summed E-state index contributed by atoms with van der Waals surface area (Å²) in [6.45, 7) is 0. The van der Waals surface area contributed by atoms with Gasteiger partial charge in [0.1, 0.15) is 0 Å². The summed E-state index contributed by atoms with van der Waals surface area (Å²) in [6, 6.07) is 0. The van der Waals surface area contributed by atoms with Crippen LogP contribution in [0.3, 0.4) is 0 Å². The Bertz CT molecular complexity index is 148. The molecule has 0 bridgehead atoms. The van der Waals surface area contributed by atoms with Gasteiger partial charge in [-0.2, -0.15) is 0 Å². The van der Waals surface area contributed by atoms with Gasteiger partial charge in [0.15, 0.2) is 0 Å². The summed E-state index contributed by atoms with van der Waals surface area (Å²) in [5.74, 6) is -5.37. The summed E-state index contributed by atoms with van der Waals surface area (Å²) in [6.07, 6.45) is 0. The lowest BCUT2D eigenvalue weighted by Crippen LogP contribution is -2.50. The average molecular weight is 209 g/mol. The highest BCUT2D eigenvalue weighted by atomic mass is 35.6. The molecule has 0 spiro atoms. The van der Waals surface area contributed by atoms with Crippen molar-refractivity contribution >= 4 is 40.8 Å². The Hall–Kier alpha value is 0.260. The third-order valence-electron chi connectivity index (χ3n) is 0.694. The highest BCUT2D eigenvalue weighted by molar-refractivity contribution is 6.69. The monoisotopic (exact) mass is 208 g/mol. The van der Waals surface area contributed by atoms with E-state index in [2.05, 4.69) is 0 Å². The summed E-state index contributed by atoms with van der Waals surface area (Å²) in [4.78, 5) is 9.91. The number of carboxylic acids is 1. The fourth-order valence-corrected chi connectivity index (χ4v) is 0.364. The summed E-state index contributed by atoms with van der Waals surface area (Å²) < 4.78 is -2.65. The van der Waals surface area contributed by atoms with E-state index in [1.165, 1.54) is 0 Å². The lowest BCUT2D eigenvalue weighted by Gasteiger charge is -2.23. The van der Waals surface area contributed by atoms with Crippen molar-refractivity contribution in [3.63, 3.8) is 0 Å². The van der Waals surface area contributed by atoms with E-state index in [0.717, 1.165) is 0 Å². The maximum absolute atomic E-state index is 9.91. The predicted molar refractivity (Wildman–Crippen MR) is 35.1 cm³/mol. The second-order valence-electron chi connectivity index (χ2n) is 1.48. The molecular formula is C3H3Cl3O4. The van der Waals surface area contributed by atoms with Crippen LogP contribution in [0.2, 0.25) is 0 Å². The normalized spacial score (nSPS) is 13.3. The molecule has 0 aliphatic carbocycles. The third kappa shape index (κ3) is 1.87. The minimum absolute atomic E-state index is 2.02. The molecule has 0 heterocycles. The molecule has 0 aromatic rings. The molecule has 0 saturated carbocycles. The first-order valence-corrected chi connectivity index (χ1v) is 3.08. The van der Waals surface area contributed by atoms with Crippen LogP contribution < -0.4 is 0 Å². The topological polar surface area (TPSA) is 77.8 Å². The Morgan fingerprint density at radius 1 is 1.20 bits per heavy atom. The Morgan fingerprint density at radius 2 is 1.50 bits per heavy atom. The number of hydrogen-bond acceptors (Lipinski definition) is 3. The molecule has 0 fully saturated rings. The quantitative estimate of drug-likeness (QED) is 0.423. The van der Waals surface area contributed by atoms with Gasteiger partial charge in [0.05, 0.1) is 0 Å². The van der Waals surface area contributed by atoms with Crippen molar-refractivity contribution in [2.45, 2.75) is 9.58 Å². The van der Waals surface area contributed by atoms with Crippen molar-refractivity contribution in [1.29, 1.82) is 0 Å². The molecule has 0 aromatic carbocycles. The molecule has 10 heavy (non-hydrogen) atoms. The molecule has 0 rings (SSSR count). The van der Waals surface area contributed by atoms with Crippen LogP contribution in [0.5, 0.6) is 0 Å². The Kier molecular flexibility index (Phi) is 2.78. The highest BCUT2D eigenvalue weighted by Crippen LogP contribution is 2.36. The number of hydrogen-bond donors (Lipinski definition) is 3. The zero-order valence-electron chi connectivity index (χ0n) is 4.38. The van der Waals surface area contributed by atoms with Gasteiger partial charge in [0.25, 0.3) is 3.79 Å². The molecule has 3 N–H and O–H groups in total. The van der Waals surface area contributed by atoms with Crippen LogP contribution in [0.1, 0.15) is 0 Å². The van der Waals surface area contributed by atoms with Crippen LogP contribution in [-0.4, -0.2) is 30.9 Å².